The quantitative estimate of drug-likeness (QED) is 0.616. The van der Waals surface area contributed by atoms with Crippen molar-refractivity contribution in [2.75, 3.05) is 5.32 Å². The van der Waals surface area contributed by atoms with Crippen molar-refractivity contribution in [3.05, 3.63) is 66.4 Å². The molecule has 4 rings (SSSR count). The highest BCUT2D eigenvalue weighted by Gasteiger charge is 2.10. The Balaban J connectivity index is 1.87. The molecule has 25 heavy (non-hydrogen) atoms. The first kappa shape index (κ1) is 15.1. The van der Waals surface area contributed by atoms with E-state index in [1.165, 1.54) is 0 Å². The summed E-state index contributed by atoms with van der Waals surface area (Å²) in [6.45, 7) is 3.90. The maximum atomic E-state index is 4.66. The van der Waals surface area contributed by atoms with Gasteiger partial charge in [-0.25, -0.2) is 19.9 Å². The molecule has 0 aliphatic carbocycles. The molecule has 0 unspecified atom stereocenters. The van der Waals surface area contributed by atoms with Crippen LogP contribution in [0, 0.1) is 13.8 Å². The average molecular weight is 328 g/mol. The fourth-order valence-corrected chi connectivity index (χ4v) is 2.64. The van der Waals surface area contributed by atoms with Gasteiger partial charge in [-0.3, -0.25) is 4.98 Å². The Morgan fingerprint density at radius 2 is 1.72 bits per heavy atom. The van der Waals surface area contributed by atoms with Gasteiger partial charge in [0.25, 0.3) is 0 Å². The molecule has 6 heteroatoms. The van der Waals surface area contributed by atoms with Crippen LogP contribution in [0.25, 0.3) is 22.4 Å². The summed E-state index contributed by atoms with van der Waals surface area (Å²) < 4.78 is 0. The van der Waals surface area contributed by atoms with Gasteiger partial charge in [-0.2, -0.15) is 0 Å². The Kier molecular flexibility index (Phi) is 3.78. The molecule has 4 aromatic heterocycles. The van der Waals surface area contributed by atoms with Gasteiger partial charge in [0.2, 0.25) is 0 Å². The summed E-state index contributed by atoms with van der Waals surface area (Å²) in [5.41, 5.74) is 4.97. The number of fused-ring (bicyclic) bond motifs is 1. The van der Waals surface area contributed by atoms with Crippen LogP contribution in [0.3, 0.4) is 0 Å². The van der Waals surface area contributed by atoms with Gasteiger partial charge in [-0.05, 0) is 44.2 Å². The molecule has 1 N–H and O–H groups in total. The Morgan fingerprint density at radius 3 is 2.56 bits per heavy atom. The van der Waals surface area contributed by atoms with Crippen LogP contribution in [0.2, 0.25) is 0 Å². The molecule has 0 amide bonds. The van der Waals surface area contributed by atoms with Crippen LogP contribution in [0.15, 0.2) is 55.0 Å². The van der Waals surface area contributed by atoms with Crippen LogP contribution in [-0.4, -0.2) is 24.9 Å². The van der Waals surface area contributed by atoms with Crippen molar-refractivity contribution in [1.82, 2.24) is 24.9 Å². The van der Waals surface area contributed by atoms with Gasteiger partial charge in [0.15, 0.2) is 5.65 Å². The van der Waals surface area contributed by atoms with Gasteiger partial charge in [0.05, 0.1) is 17.1 Å². The maximum absolute atomic E-state index is 4.66. The number of anilines is 2. The molecule has 4 heterocycles. The molecule has 0 bridgehead atoms. The van der Waals surface area contributed by atoms with E-state index in [1.54, 1.807) is 12.5 Å². The number of pyridine rings is 3. The number of aromatic nitrogens is 5. The van der Waals surface area contributed by atoms with Crippen LogP contribution >= 0.6 is 0 Å². The predicted octanol–water partition coefficient (Wildman–Crippen LogP) is 3.84. The predicted molar refractivity (Wildman–Crippen MR) is 97.6 cm³/mol. The van der Waals surface area contributed by atoms with Crippen molar-refractivity contribution in [2.24, 2.45) is 0 Å². The molecule has 0 radical (unpaired) electrons. The molecular weight excluding hydrogens is 312 g/mol. The Bertz CT molecular complexity index is 1060. The van der Waals surface area contributed by atoms with E-state index in [2.05, 4.69) is 30.2 Å². The van der Waals surface area contributed by atoms with E-state index in [9.17, 15) is 0 Å². The van der Waals surface area contributed by atoms with E-state index < -0.39 is 0 Å². The van der Waals surface area contributed by atoms with Crippen LogP contribution in [0.4, 0.5) is 11.5 Å². The molecule has 0 aliphatic rings. The van der Waals surface area contributed by atoms with Crippen LogP contribution in [0.1, 0.15) is 11.4 Å². The van der Waals surface area contributed by atoms with Crippen molar-refractivity contribution in [2.45, 2.75) is 13.8 Å². The number of hydrogen-bond donors (Lipinski definition) is 1. The zero-order valence-corrected chi connectivity index (χ0v) is 13.9. The van der Waals surface area contributed by atoms with E-state index in [0.29, 0.717) is 5.65 Å². The molecule has 122 valence electrons. The minimum atomic E-state index is 0.664. The second kappa shape index (κ2) is 6.24. The first-order valence-corrected chi connectivity index (χ1v) is 7.94. The van der Waals surface area contributed by atoms with Crippen molar-refractivity contribution < 1.29 is 0 Å². The number of nitrogens with one attached hydrogen (secondary N) is 1. The van der Waals surface area contributed by atoms with Gasteiger partial charge in [0, 0.05) is 29.0 Å². The molecule has 0 spiro atoms. The fraction of sp³-hybridized carbons (Fsp3) is 0.105. The SMILES string of the molecule is Cc1cc(Nc2cc(-c3cccc(C)n3)nc3ncccc23)ncn1. The number of nitrogens with zero attached hydrogens (tertiary/aromatic N) is 5. The highest BCUT2D eigenvalue weighted by atomic mass is 15.0. The summed E-state index contributed by atoms with van der Waals surface area (Å²) in [5, 5.41) is 4.28. The first-order valence-electron chi connectivity index (χ1n) is 7.94. The first-order chi connectivity index (χ1) is 12.2. The summed E-state index contributed by atoms with van der Waals surface area (Å²) in [5.74, 6) is 0.729. The monoisotopic (exact) mass is 328 g/mol. The third-order valence-corrected chi connectivity index (χ3v) is 3.80. The molecule has 0 aromatic carbocycles. The van der Waals surface area contributed by atoms with E-state index in [1.807, 2.05) is 56.3 Å². The van der Waals surface area contributed by atoms with Gasteiger partial charge >= 0.3 is 0 Å². The van der Waals surface area contributed by atoms with Crippen molar-refractivity contribution in [3.8, 4) is 11.4 Å². The van der Waals surface area contributed by atoms with E-state index in [0.717, 1.165) is 39.7 Å². The molecule has 0 saturated carbocycles. The van der Waals surface area contributed by atoms with Crippen molar-refractivity contribution in [1.29, 1.82) is 0 Å². The lowest BCUT2D eigenvalue weighted by molar-refractivity contribution is 1.10. The van der Waals surface area contributed by atoms with Gasteiger partial charge < -0.3 is 5.32 Å². The fourth-order valence-electron chi connectivity index (χ4n) is 2.64. The normalized spacial score (nSPS) is 10.8. The highest BCUT2D eigenvalue weighted by Crippen LogP contribution is 2.28. The third kappa shape index (κ3) is 3.14. The smallest absolute Gasteiger partial charge is 0.161 e. The van der Waals surface area contributed by atoms with Crippen LogP contribution in [-0.2, 0) is 0 Å². The highest BCUT2D eigenvalue weighted by molar-refractivity contribution is 5.92. The van der Waals surface area contributed by atoms with Gasteiger partial charge in [0.1, 0.15) is 12.1 Å². The Hall–Kier alpha value is -3.41. The average Bonchev–Trinajstić information content (AvgIpc) is 2.62. The summed E-state index contributed by atoms with van der Waals surface area (Å²) in [7, 11) is 0. The van der Waals surface area contributed by atoms with E-state index >= 15 is 0 Å². The summed E-state index contributed by atoms with van der Waals surface area (Å²) in [6.07, 6.45) is 3.28. The summed E-state index contributed by atoms with van der Waals surface area (Å²) in [6, 6.07) is 13.6. The molecule has 4 aromatic rings. The van der Waals surface area contributed by atoms with Gasteiger partial charge in [-0.15, -0.1) is 0 Å². The Labute approximate surface area is 145 Å². The minimum Gasteiger partial charge on any atom is -0.339 e. The van der Waals surface area contributed by atoms with Gasteiger partial charge in [-0.1, -0.05) is 6.07 Å². The second-order valence-electron chi connectivity index (χ2n) is 5.76. The summed E-state index contributed by atoms with van der Waals surface area (Å²) >= 11 is 0. The topological polar surface area (TPSA) is 76.5 Å². The molecule has 0 atom stereocenters. The lowest BCUT2D eigenvalue weighted by Gasteiger charge is -2.11. The molecular formula is C19H16N6. The third-order valence-electron chi connectivity index (χ3n) is 3.80. The Morgan fingerprint density at radius 1 is 0.800 bits per heavy atom. The molecule has 0 aliphatic heterocycles. The van der Waals surface area contributed by atoms with E-state index in [4.69, 9.17) is 0 Å². The zero-order chi connectivity index (χ0) is 17.2. The molecule has 0 fully saturated rings. The number of rotatable bonds is 3. The second-order valence-corrected chi connectivity index (χ2v) is 5.76. The lowest BCUT2D eigenvalue weighted by Crippen LogP contribution is -1.99. The molecule has 0 saturated heterocycles. The number of hydrogen-bond acceptors (Lipinski definition) is 6. The van der Waals surface area contributed by atoms with Crippen molar-refractivity contribution in [3.63, 3.8) is 0 Å². The van der Waals surface area contributed by atoms with Crippen LogP contribution < -0.4 is 5.32 Å². The minimum absolute atomic E-state index is 0.664. The maximum Gasteiger partial charge on any atom is 0.161 e. The lowest BCUT2D eigenvalue weighted by atomic mass is 10.1. The largest absolute Gasteiger partial charge is 0.339 e. The zero-order valence-electron chi connectivity index (χ0n) is 13.9. The van der Waals surface area contributed by atoms with Crippen LogP contribution in [0.5, 0.6) is 0 Å². The number of aryl methyl sites for hydroxylation is 2. The van der Waals surface area contributed by atoms with E-state index in [-0.39, 0.29) is 0 Å². The standard InChI is InChI=1S/C19H16N6/c1-12-5-3-7-15(23-12)17-10-16(14-6-4-8-20-19(14)25-17)24-18-9-13(2)21-11-22-18/h3-11H,1-2H3,(H,20,21,22,24,25). The molecule has 6 nitrogen and oxygen atoms in total. The van der Waals surface area contributed by atoms with Crippen molar-refractivity contribution >= 4 is 22.5 Å². The summed E-state index contributed by atoms with van der Waals surface area (Å²) in [4.78, 5) is 22.0.